The van der Waals surface area contributed by atoms with Crippen molar-refractivity contribution in [3.63, 3.8) is 0 Å². The lowest BCUT2D eigenvalue weighted by atomic mass is 10.2. The Kier molecular flexibility index (Phi) is 2.65. The average Bonchev–Trinajstić information content (AvgIpc) is 2.80. The molecule has 4 nitrogen and oxygen atoms in total. The number of aromatic nitrogens is 2. The van der Waals surface area contributed by atoms with Crippen LogP contribution in [0.15, 0.2) is 42.7 Å². The van der Waals surface area contributed by atoms with Gasteiger partial charge in [-0.2, -0.15) is 10.4 Å². The van der Waals surface area contributed by atoms with E-state index in [9.17, 15) is 0 Å². The van der Waals surface area contributed by atoms with E-state index in [-0.39, 0.29) is 0 Å². The molecule has 2 aromatic rings. The summed E-state index contributed by atoms with van der Waals surface area (Å²) < 4.78 is 1.79. The molecule has 1 aromatic heterocycles. The van der Waals surface area contributed by atoms with Gasteiger partial charge in [-0.3, -0.25) is 0 Å². The molecule has 1 heterocycles. The summed E-state index contributed by atoms with van der Waals surface area (Å²) in [4.78, 5) is 0. The molecule has 4 heteroatoms. The summed E-state index contributed by atoms with van der Waals surface area (Å²) in [7, 11) is 0. The zero-order valence-electron chi connectivity index (χ0n) is 8.09. The second-order valence-corrected chi connectivity index (χ2v) is 3.04. The summed E-state index contributed by atoms with van der Waals surface area (Å²) in [5.41, 5.74) is 2.04. The van der Waals surface area contributed by atoms with Gasteiger partial charge in [0.25, 0.3) is 0 Å². The Balaban J connectivity index is 2.35. The van der Waals surface area contributed by atoms with E-state index in [1.165, 1.54) is 0 Å². The van der Waals surface area contributed by atoms with Crippen molar-refractivity contribution in [2.24, 2.45) is 0 Å². The van der Waals surface area contributed by atoms with Crippen LogP contribution in [0.2, 0.25) is 0 Å². The summed E-state index contributed by atoms with van der Waals surface area (Å²) in [6.45, 7) is 0.520. The number of nitrogens with one attached hydrogen (secondary N) is 1. The number of rotatable bonds is 3. The Morgan fingerprint density at radius 1 is 1.33 bits per heavy atom. The van der Waals surface area contributed by atoms with Gasteiger partial charge in [0.1, 0.15) is 0 Å². The minimum atomic E-state index is 0.520. The third-order valence-electron chi connectivity index (χ3n) is 2.10. The topological polar surface area (TPSA) is 53.6 Å². The highest BCUT2D eigenvalue weighted by molar-refractivity contribution is 5.40. The van der Waals surface area contributed by atoms with E-state index in [0.717, 1.165) is 11.3 Å². The van der Waals surface area contributed by atoms with Gasteiger partial charge < -0.3 is 5.32 Å². The summed E-state index contributed by atoms with van der Waals surface area (Å²) in [5.74, 6) is 0. The van der Waals surface area contributed by atoms with E-state index in [1.54, 1.807) is 10.9 Å². The van der Waals surface area contributed by atoms with Crippen molar-refractivity contribution < 1.29 is 0 Å². The van der Waals surface area contributed by atoms with Gasteiger partial charge >= 0.3 is 0 Å². The third-order valence-corrected chi connectivity index (χ3v) is 2.10. The minimum Gasteiger partial charge on any atom is -0.319 e. The van der Waals surface area contributed by atoms with Crippen LogP contribution < -0.4 is 5.32 Å². The quantitative estimate of drug-likeness (QED) is 0.599. The Bertz CT molecular complexity index is 468. The molecule has 1 aromatic carbocycles. The van der Waals surface area contributed by atoms with Crippen molar-refractivity contribution in [2.45, 2.75) is 6.54 Å². The van der Waals surface area contributed by atoms with Crippen molar-refractivity contribution >= 4 is 0 Å². The average molecular weight is 198 g/mol. The van der Waals surface area contributed by atoms with Crippen LogP contribution in [0, 0.1) is 11.5 Å². The monoisotopic (exact) mass is 198 g/mol. The fraction of sp³-hybridized carbons (Fsp3) is 0.0909. The first-order chi connectivity index (χ1) is 7.42. The zero-order chi connectivity index (χ0) is 10.5. The molecular weight excluding hydrogens is 188 g/mol. The molecular formula is C11H10N4. The molecule has 0 aliphatic heterocycles. The largest absolute Gasteiger partial charge is 0.319 e. The van der Waals surface area contributed by atoms with Crippen LogP contribution in [-0.4, -0.2) is 9.78 Å². The second kappa shape index (κ2) is 4.29. The van der Waals surface area contributed by atoms with Crippen LogP contribution in [0.3, 0.4) is 0 Å². The first kappa shape index (κ1) is 9.28. The van der Waals surface area contributed by atoms with Crippen LogP contribution in [0.1, 0.15) is 5.56 Å². The van der Waals surface area contributed by atoms with Crippen LogP contribution in [-0.2, 0) is 6.54 Å². The first-order valence-corrected chi connectivity index (χ1v) is 4.61. The van der Waals surface area contributed by atoms with E-state index in [2.05, 4.69) is 10.4 Å². The molecule has 0 radical (unpaired) electrons. The molecule has 0 aliphatic carbocycles. The molecule has 74 valence electrons. The van der Waals surface area contributed by atoms with Crippen molar-refractivity contribution in [2.75, 3.05) is 0 Å². The van der Waals surface area contributed by atoms with E-state index < -0.39 is 0 Å². The molecule has 0 amide bonds. The summed E-state index contributed by atoms with van der Waals surface area (Å²) in [5, 5.41) is 15.3. The van der Waals surface area contributed by atoms with Crippen LogP contribution in [0.4, 0.5) is 0 Å². The van der Waals surface area contributed by atoms with Crippen LogP contribution in [0.25, 0.3) is 5.69 Å². The summed E-state index contributed by atoms with van der Waals surface area (Å²) in [6, 6.07) is 9.71. The Labute approximate surface area is 87.8 Å². The molecule has 0 unspecified atom stereocenters. The highest BCUT2D eigenvalue weighted by Crippen LogP contribution is 2.12. The molecule has 2 rings (SSSR count). The summed E-state index contributed by atoms with van der Waals surface area (Å²) >= 11 is 0. The number of para-hydroxylation sites is 1. The van der Waals surface area contributed by atoms with E-state index in [0.29, 0.717) is 6.54 Å². The normalized spacial score (nSPS) is 9.53. The van der Waals surface area contributed by atoms with Gasteiger partial charge in [0.05, 0.1) is 12.2 Å². The Hall–Kier alpha value is -2.28. The lowest BCUT2D eigenvalue weighted by Crippen LogP contribution is -2.08. The van der Waals surface area contributed by atoms with Crippen molar-refractivity contribution in [3.05, 3.63) is 48.3 Å². The molecule has 0 atom stereocenters. The lowest BCUT2D eigenvalue weighted by molar-refractivity contribution is 0.825. The van der Waals surface area contributed by atoms with E-state index >= 15 is 0 Å². The standard InChI is InChI=1S/C11H10N4/c12-9-13-8-10-4-1-2-5-11(10)15-7-3-6-14-15/h1-7,13H,8H2. The first-order valence-electron chi connectivity index (χ1n) is 4.61. The highest BCUT2D eigenvalue weighted by atomic mass is 15.3. The Morgan fingerprint density at radius 3 is 2.93 bits per heavy atom. The van der Waals surface area contributed by atoms with Gasteiger partial charge in [-0.15, -0.1) is 0 Å². The third kappa shape index (κ3) is 1.97. The number of hydrogen-bond acceptors (Lipinski definition) is 3. The van der Waals surface area contributed by atoms with Gasteiger partial charge in [-0.25, -0.2) is 4.68 Å². The zero-order valence-corrected chi connectivity index (χ0v) is 8.09. The number of nitriles is 1. The molecule has 0 spiro atoms. The minimum absolute atomic E-state index is 0.520. The lowest BCUT2D eigenvalue weighted by Gasteiger charge is -2.07. The number of nitrogens with zero attached hydrogens (tertiary/aromatic N) is 3. The van der Waals surface area contributed by atoms with Gasteiger partial charge in [-0.1, -0.05) is 18.2 Å². The SMILES string of the molecule is N#CNCc1ccccc1-n1cccn1. The van der Waals surface area contributed by atoms with Gasteiger partial charge in [0, 0.05) is 12.4 Å². The van der Waals surface area contributed by atoms with Gasteiger partial charge in [0.2, 0.25) is 0 Å². The smallest absolute Gasteiger partial charge is 0.176 e. The number of hydrogen-bond donors (Lipinski definition) is 1. The van der Waals surface area contributed by atoms with Crippen LogP contribution in [0.5, 0.6) is 0 Å². The van der Waals surface area contributed by atoms with Crippen molar-refractivity contribution in [1.29, 1.82) is 5.26 Å². The highest BCUT2D eigenvalue weighted by Gasteiger charge is 2.02. The van der Waals surface area contributed by atoms with Gasteiger partial charge in [-0.05, 0) is 17.7 Å². The molecule has 0 saturated carbocycles. The molecule has 1 N–H and O–H groups in total. The molecule has 0 fully saturated rings. The molecule has 0 bridgehead atoms. The maximum absolute atomic E-state index is 8.47. The van der Waals surface area contributed by atoms with E-state index in [4.69, 9.17) is 5.26 Å². The molecule has 0 saturated heterocycles. The maximum Gasteiger partial charge on any atom is 0.176 e. The van der Waals surface area contributed by atoms with E-state index in [1.807, 2.05) is 42.7 Å². The fourth-order valence-electron chi connectivity index (χ4n) is 1.43. The predicted octanol–water partition coefficient (Wildman–Crippen LogP) is 1.44. The fourth-order valence-corrected chi connectivity index (χ4v) is 1.43. The molecule has 15 heavy (non-hydrogen) atoms. The predicted molar refractivity (Wildman–Crippen MR) is 56.0 cm³/mol. The van der Waals surface area contributed by atoms with Crippen molar-refractivity contribution in [1.82, 2.24) is 15.1 Å². The molecule has 0 aliphatic rings. The second-order valence-electron chi connectivity index (χ2n) is 3.04. The maximum atomic E-state index is 8.47. The summed E-state index contributed by atoms with van der Waals surface area (Å²) in [6.07, 6.45) is 5.52. The Morgan fingerprint density at radius 2 is 2.20 bits per heavy atom. The van der Waals surface area contributed by atoms with Gasteiger partial charge in [0.15, 0.2) is 6.19 Å². The van der Waals surface area contributed by atoms with Crippen LogP contribution >= 0.6 is 0 Å². The number of benzene rings is 1. The van der Waals surface area contributed by atoms with Crippen molar-refractivity contribution in [3.8, 4) is 11.9 Å².